The van der Waals surface area contributed by atoms with Crippen LogP contribution in [0.2, 0.25) is 0 Å². The summed E-state index contributed by atoms with van der Waals surface area (Å²) in [6.07, 6.45) is 1.00. The Morgan fingerprint density at radius 1 is 1.47 bits per heavy atom. The van der Waals surface area contributed by atoms with Gasteiger partial charge in [0.25, 0.3) is 0 Å². The molecule has 0 saturated carbocycles. The third kappa shape index (κ3) is 4.22. The summed E-state index contributed by atoms with van der Waals surface area (Å²) < 4.78 is 5.14. The number of amides is 1. The second-order valence-electron chi connectivity index (χ2n) is 4.42. The lowest BCUT2D eigenvalue weighted by Crippen LogP contribution is -2.30. The number of aromatic nitrogens is 1. The molecule has 1 heterocycles. The topological polar surface area (TPSA) is 81.1 Å². The highest BCUT2D eigenvalue weighted by Gasteiger charge is 2.11. The van der Waals surface area contributed by atoms with Crippen LogP contribution in [0.25, 0.3) is 11.0 Å². The number of para-hydroxylation sites is 1. The molecule has 5 nitrogen and oxygen atoms in total. The molecule has 0 spiro atoms. The van der Waals surface area contributed by atoms with Crippen molar-refractivity contribution in [3.8, 4) is 0 Å². The van der Waals surface area contributed by atoms with Crippen LogP contribution in [0.5, 0.6) is 0 Å². The number of halogens is 1. The fraction of sp³-hybridized carbons (Fsp3) is 0.385. The monoisotopic (exact) mass is 283 g/mol. The quantitative estimate of drug-likeness (QED) is 0.874. The van der Waals surface area contributed by atoms with E-state index in [1.54, 1.807) is 0 Å². The number of carbonyl (C=O) groups excluding carboxylic acids is 1. The van der Waals surface area contributed by atoms with E-state index in [4.69, 9.17) is 10.3 Å². The lowest BCUT2D eigenvalue weighted by molar-refractivity contribution is -0.120. The van der Waals surface area contributed by atoms with Gasteiger partial charge in [-0.3, -0.25) is 4.79 Å². The smallest absolute Gasteiger partial charge is 0.226 e. The Bertz CT molecular complexity index is 539. The molecule has 0 bridgehead atoms. The SMILES string of the molecule is CC(N)CCNC(=O)Cc1noc2ccccc12.Cl. The zero-order valence-electron chi connectivity index (χ0n) is 10.8. The Balaban J connectivity index is 0.00000180. The molecule has 2 rings (SSSR count). The van der Waals surface area contributed by atoms with Crippen LogP contribution in [0, 0.1) is 0 Å². The maximum Gasteiger partial charge on any atom is 0.226 e. The van der Waals surface area contributed by atoms with Gasteiger partial charge in [-0.1, -0.05) is 17.3 Å². The van der Waals surface area contributed by atoms with E-state index in [0.29, 0.717) is 17.8 Å². The van der Waals surface area contributed by atoms with Gasteiger partial charge in [-0.25, -0.2) is 0 Å². The number of nitrogens with zero attached hydrogens (tertiary/aromatic N) is 1. The number of fused-ring (bicyclic) bond motifs is 1. The van der Waals surface area contributed by atoms with E-state index >= 15 is 0 Å². The van der Waals surface area contributed by atoms with Gasteiger partial charge in [-0.05, 0) is 25.5 Å². The molecule has 0 fully saturated rings. The average Bonchev–Trinajstić information content (AvgIpc) is 2.72. The number of rotatable bonds is 5. The van der Waals surface area contributed by atoms with Gasteiger partial charge in [-0.15, -0.1) is 12.4 Å². The molecule has 6 heteroatoms. The second-order valence-corrected chi connectivity index (χ2v) is 4.42. The molecule has 1 aromatic carbocycles. The summed E-state index contributed by atoms with van der Waals surface area (Å²) in [6.45, 7) is 2.50. The second kappa shape index (κ2) is 7.11. The molecule has 104 valence electrons. The summed E-state index contributed by atoms with van der Waals surface area (Å²) in [5.41, 5.74) is 6.99. The lowest BCUT2D eigenvalue weighted by atomic mass is 10.1. The molecule has 0 saturated heterocycles. The highest BCUT2D eigenvalue weighted by molar-refractivity contribution is 5.86. The van der Waals surface area contributed by atoms with Crippen molar-refractivity contribution in [2.75, 3.05) is 6.54 Å². The van der Waals surface area contributed by atoms with Crippen molar-refractivity contribution in [3.63, 3.8) is 0 Å². The zero-order chi connectivity index (χ0) is 13.0. The molecule has 1 atom stereocenters. The van der Waals surface area contributed by atoms with Gasteiger partial charge in [0.1, 0.15) is 5.69 Å². The van der Waals surface area contributed by atoms with Crippen molar-refractivity contribution >= 4 is 29.3 Å². The van der Waals surface area contributed by atoms with E-state index in [2.05, 4.69) is 10.5 Å². The van der Waals surface area contributed by atoms with Gasteiger partial charge in [0.2, 0.25) is 5.91 Å². The number of hydrogen-bond donors (Lipinski definition) is 2. The Kier molecular flexibility index (Phi) is 5.79. The number of nitrogens with one attached hydrogen (secondary N) is 1. The fourth-order valence-corrected chi connectivity index (χ4v) is 1.72. The minimum Gasteiger partial charge on any atom is -0.356 e. The first-order chi connectivity index (χ1) is 8.66. The molecule has 0 radical (unpaired) electrons. The Morgan fingerprint density at radius 3 is 2.95 bits per heavy atom. The predicted molar refractivity (Wildman–Crippen MR) is 76.2 cm³/mol. The summed E-state index contributed by atoms with van der Waals surface area (Å²) in [5.74, 6) is -0.0605. The minimum atomic E-state index is -0.0605. The molecule has 1 amide bonds. The standard InChI is InChI=1S/C13H17N3O2.ClH/c1-9(14)6-7-15-13(17)8-11-10-4-2-3-5-12(10)18-16-11;/h2-5,9H,6-8,14H2,1H3,(H,15,17);1H. The molecular formula is C13H18ClN3O2. The first kappa shape index (κ1) is 15.5. The van der Waals surface area contributed by atoms with Crippen molar-refractivity contribution in [2.45, 2.75) is 25.8 Å². The molecule has 2 aromatic rings. The van der Waals surface area contributed by atoms with Crippen LogP contribution < -0.4 is 11.1 Å². The molecular weight excluding hydrogens is 266 g/mol. The van der Waals surface area contributed by atoms with Crippen LogP contribution in [-0.2, 0) is 11.2 Å². The molecule has 19 heavy (non-hydrogen) atoms. The molecule has 0 aliphatic heterocycles. The van der Waals surface area contributed by atoms with Crippen molar-refractivity contribution < 1.29 is 9.32 Å². The van der Waals surface area contributed by atoms with Crippen LogP contribution in [0.4, 0.5) is 0 Å². The average molecular weight is 284 g/mol. The van der Waals surface area contributed by atoms with Crippen molar-refractivity contribution in [1.82, 2.24) is 10.5 Å². The zero-order valence-corrected chi connectivity index (χ0v) is 11.6. The van der Waals surface area contributed by atoms with Gasteiger partial charge in [0.05, 0.1) is 6.42 Å². The van der Waals surface area contributed by atoms with E-state index in [1.165, 1.54) is 0 Å². The highest BCUT2D eigenvalue weighted by Crippen LogP contribution is 2.17. The Hall–Kier alpha value is -1.59. The normalized spacial score (nSPS) is 11.9. The largest absolute Gasteiger partial charge is 0.356 e. The van der Waals surface area contributed by atoms with E-state index in [1.807, 2.05) is 31.2 Å². The third-order valence-electron chi connectivity index (χ3n) is 2.70. The molecule has 1 aromatic heterocycles. The van der Waals surface area contributed by atoms with Gasteiger partial charge >= 0.3 is 0 Å². The van der Waals surface area contributed by atoms with Gasteiger partial charge in [-0.2, -0.15) is 0 Å². The van der Waals surface area contributed by atoms with Crippen LogP contribution in [0.1, 0.15) is 19.0 Å². The lowest BCUT2D eigenvalue weighted by Gasteiger charge is -2.06. The Labute approximate surface area is 117 Å². The number of carbonyl (C=O) groups is 1. The number of hydrogen-bond acceptors (Lipinski definition) is 4. The Morgan fingerprint density at radius 2 is 2.21 bits per heavy atom. The summed E-state index contributed by atoms with van der Waals surface area (Å²) >= 11 is 0. The first-order valence-electron chi connectivity index (χ1n) is 6.02. The van der Waals surface area contributed by atoms with Crippen LogP contribution in [0.3, 0.4) is 0 Å². The van der Waals surface area contributed by atoms with Crippen molar-refractivity contribution in [3.05, 3.63) is 30.0 Å². The summed E-state index contributed by atoms with van der Waals surface area (Å²) in [4.78, 5) is 11.7. The number of benzene rings is 1. The fourth-order valence-electron chi connectivity index (χ4n) is 1.72. The van der Waals surface area contributed by atoms with E-state index in [9.17, 15) is 4.79 Å². The molecule has 0 aliphatic carbocycles. The maximum absolute atomic E-state index is 11.7. The van der Waals surface area contributed by atoms with E-state index in [-0.39, 0.29) is 30.8 Å². The highest BCUT2D eigenvalue weighted by atomic mass is 35.5. The van der Waals surface area contributed by atoms with E-state index in [0.717, 1.165) is 11.8 Å². The first-order valence-corrected chi connectivity index (χ1v) is 6.02. The maximum atomic E-state index is 11.7. The van der Waals surface area contributed by atoms with Crippen LogP contribution in [-0.4, -0.2) is 23.7 Å². The van der Waals surface area contributed by atoms with Crippen LogP contribution >= 0.6 is 12.4 Å². The van der Waals surface area contributed by atoms with Crippen LogP contribution in [0.15, 0.2) is 28.8 Å². The van der Waals surface area contributed by atoms with Gasteiger partial charge in [0.15, 0.2) is 5.58 Å². The van der Waals surface area contributed by atoms with E-state index < -0.39 is 0 Å². The summed E-state index contributed by atoms with van der Waals surface area (Å²) in [6, 6.07) is 7.60. The number of nitrogens with two attached hydrogens (primary N) is 1. The summed E-state index contributed by atoms with van der Waals surface area (Å²) in [5, 5.41) is 7.62. The minimum absolute atomic E-state index is 0. The molecule has 3 N–H and O–H groups in total. The van der Waals surface area contributed by atoms with Crippen molar-refractivity contribution in [1.29, 1.82) is 0 Å². The van der Waals surface area contributed by atoms with Gasteiger partial charge in [0, 0.05) is 18.0 Å². The van der Waals surface area contributed by atoms with Gasteiger partial charge < -0.3 is 15.6 Å². The molecule has 0 aliphatic rings. The molecule has 1 unspecified atom stereocenters. The summed E-state index contributed by atoms with van der Waals surface area (Å²) in [7, 11) is 0. The predicted octanol–water partition coefficient (Wildman–Crippen LogP) is 1.65. The van der Waals surface area contributed by atoms with Crippen molar-refractivity contribution in [2.24, 2.45) is 5.73 Å². The third-order valence-corrected chi connectivity index (χ3v) is 2.70.